The van der Waals surface area contributed by atoms with Gasteiger partial charge in [-0.15, -0.1) is 0 Å². The maximum absolute atomic E-state index is 11.1. The molecule has 42 heavy (non-hydrogen) atoms. The number of aliphatic hydroxyl groups excluding tert-OH is 1. The Morgan fingerprint density at radius 3 is 2.76 bits per heavy atom. The number of aromatic nitrogens is 1. The minimum Gasteiger partial charge on any atom is -0.497 e. The Balaban J connectivity index is 0.944. The number of hydrogen-bond acceptors (Lipinski definition) is 7. The minimum atomic E-state index is -0.747. The van der Waals surface area contributed by atoms with E-state index in [4.69, 9.17) is 13.9 Å². The first-order chi connectivity index (χ1) is 20.6. The van der Waals surface area contributed by atoms with E-state index >= 15 is 0 Å². The van der Waals surface area contributed by atoms with Crippen molar-refractivity contribution in [1.29, 1.82) is 0 Å². The number of likely N-dealkylation sites (tertiary alicyclic amines) is 1. The lowest BCUT2D eigenvalue weighted by Gasteiger charge is -2.46. The number of piperidine rings is 3. The maximum Gasteiger partial charge on any atom is 0.146 e. The number of nitrogens with one attached hydrogen (secondary N) is 2. The number of methoxy groups -OCH3 is 1. The van der Waals surface area contributed by atoms with Crippen LogP contribution in [0.4, 0.5) is 0 Å². The number of H-pyrrole nitrogens is 1. The van der Waals surface area contributed by atoms with Crippen molar-refractivity contribution in [2.75, 3.05) is 39.8 Å². The Morgan fingerprint density at radius 2 is 1.88 bits per heavy atom. The third kappa shape index (κ3) is 5.78. The Morgan fingerprint density at radius 1 is 1.00 bits per heavy atom. The van der Waals surface area contributed by atoms with Crippen molar-refractivity contribution in [1.82, 2.24) is 20.1 Å². The molecule has 3 aliphatic heterocycles. The number of fused-ring (bicyclic) bond motifs is 3. The summed E-state index contributed by atoms with van der Waals surface area (Å²) in [5.41, 5.74) is 3.47. The molecule has 8 nitrogen and oxygen atoms in total. The zero-order valence-corrected chi connectivity index (χ0v) is 24.7. The normalized spacial score (nSPS) is 23.3. The van der Waals surface area contributed by atoms with Gasteiger partial charge in [-0.3, -0.25) is 5.32 Å². The van der Waals surface area contributed by atoms with Crippen molar-refractivity contribution in [2.24, 2.45) is 5.92 Å². The van der Waals surface area contributed by atoms with Crippen LogP contribution >= 0.6 is 0 Å². The van der Waals surface area contributed by atoms with Crippen molar-refractivity contribution in [3.8, 4) is 11.5 Å². The van der Waals surface area contributed by atoms with E-state index in [-0.39, 0.29) is 0 Å². The molecule has 0 amide bonds. The minimum absolute atomic E-state index is 0.309. The van der Waals surface area contributed by atoms with Gasteiger partial charge in [0, 0.05) is 46.5 Å². The summed E-state index contributed by atoms with van der Waals surface area (Å²) in [6.45, 7) is 6.46. The summed E-state index contributed by atoms with van der Waals surface area (Å²) >= 11 is 0. The van der Waals surface area contributed by atoms with Crippen LogP contribution in [0.5, 0.6) is 11.5 Å². The monoisotopic (exact) mass is 572 g/mol. The Bertz CT molecular complexity index is 1490. The first-order valence-electron chi connectivity index (χ1n) is 15.8. The van der Waals surface area contributed by atoms with Crippen molar-refractivity contribution in [2.45, 2.75) is 69.9 Å². The molecule has 3 atom stereocenters. The second-order valence-electron chi connectivity index (χ2n) is 12.5. The SMILES string of the molecule is COc1ccc2c(COc3cccc4[nH]c(C(O)NC5CCN(C[C@@H]6CCCN7CCCCC67)CC5)cc34)coc2c1. The van der Waals surface area contributed by atoms with E-state index in [0.717, 1.165) is 82.5 Å². The van der Waals surface area contributed by atoms with Crippen LogP contribution in [0.25, 0.3) is 21.9 Å². The zero-order chi connectivity index (χ0) is 28.5. The number of hydrogen-bond donors (Lipinski definition) is 3. The fourth-order valence-electron chi connectivity index (χ4n) is 7.60. The largest absolute Gasteiger partial charge is 0.497 e. The third-order valence-corrected chi connectivity index (χ3v) is 9.89. The van der Waals surface area contributed by atoms with Gasteiger partial charge in [-0.25, -0.2) is 0 Å². The summed E-state index contributed by atoms with van der Waals surface area (Å²) in [7, 11) is 1.65. The molecule has 224 valence electrons. The fraction of sp³-hybridized carbons (Fsp3) is 0.529. The van der Waals surface area contributed by atoms with Crippen LogP contribution in [-0.4, -0.2) is 71.8 Å². The van der Waals surface area contributed by atoms with Gasteiger partial charge in [-0.1, -0.05) is 12.5 Å². The lowest BCUT2D eigenvalue weighted by Crippen LogP contribution is -2.52. The van der Waals surface area contributed by atoms with Gasteiger partial charge in [0.25, 0.3) is 0 Å². The topological polar surface area (TPSA) is 86.1 Å². The highest BCUT2D eigenvalue weighted by molar-refractivity contribution is 5.87. The average Bonchev–Trinajstić information content (AvgIpc) is 3.65. The molecule has 0 saturated carbocycles. The summed E-state index contributed by atoms with van der Waals surface area (Å²) in [6, 6.07) is 14.9. The van der Waals surface area contributed by atoms with E-state index in [0.29, 0.717) is 12.6 Å². The molecule has 3 fully saturated rings. The summed E-state index contributed by atoms with van der Waals surface area (Å²) in [6.07, 6.45) is 10.1. The van der Waals surface area contributed by atoms with Crippen LogP contribution < -0.4 is 14.8 Å². The molecular weight excluding hydrogens is 528 g/mol. The van der Waals surface area contributed by atoms with Gasteiger partial charge in [0.1, 0.15) is 29.9 Å². The van der Waals surface area contributed by atoms with Crippen LogP contribution in [0.15, 0.2) is 53.1 Å². The third-order valence-electron chi connectivity index (χ3n) is 9.89. The number of benzene rings is 2. The van der Waals surface area contributed by atoms with Gasteiger partial charge in [-0.05, 0) is 101 Å². The van der Waals surface area contributed by atoms with Crippen LogP contribution in [0.2, 0.25) is 0 Å². The second kappa shape index (κ2) is 12.3. The Labute approximate surface area is 247 Å². The lowest BCUT2D eigenvalue weighted by atomic mass is 9.83. The summed E-state index contributed by atoms with van der Waals surface area (Å²) in [4.78, 5) is 8.86. The average molecular weight is 573 g/mol. The van der Waals surface area contributed by atoms with E-state index in [2.05, 4.69) is 20.1 Å². The highest BCUT2D eigenvalue weighted by Crippen LogP contribution is 2.33. The molecule has 0 spiro atoms. The second-order valence-corrected chi connectivity index (χ2v) is 12.5. The van der Waals surface area contributed by atoms with Gasteiger partial charge in [-0.2, -0.15) is 0 Å². The summed E-state index contributed by atoms with van der Waals surface area (Å²) < 4.78 is 17.3. The molecule has 0 radical (unpaired) electrons. The maximum atomic E-state index is 11.1. The van der Waals surface area contributed by atoms with Gasteiger partial charge >= 0.3 is 0 Å². The number of aromatic amines is 1. The molecule has 8 heteroatoms. The van der Waals surface area contributed by atoms with Crippen molar-refractivity contribution >= 4 is 21.9 Å². The van der Waals surface area contributed by atoms with Crippen LogP contribution in [0, 0.1) is 5.92 Å². The van der Waals surface area contributed by atoms with E-state index in [9.17, 15) is 5.11 Å². The number of ether oxygens (including phenoxy) is 2. The Kier molecular flexibility index (Phi) is 8.13. The predicted octanol–water partition coefficient (Wildman–Crippen LogP) is 5.81. The van der Waals surface area contributed by atoms with Gasteiger partial charge in [0.05, 0.1) is 19.1 Å². The molecule has 2 unspecified atom stereocenters. The number of furan rings is 1. The first-order valence-corrected chi connectivity index (χ1v) is 15.8. The van der Waals surface area contributed by atoms with Gasteiger partial charge in [0.15, 0.2) is 0 Å². The van der Waals surface area contributed by atoms with Crippen LogP contribution in [-0.2, 0) is 6.61 Å². The molecular formula is C34H44N4O4. The molecule has 2 aromatic heterocycles. The number of aliphatic hydroxyl groups is 1. The van der Waals surface area contributed by atoms with Crippen LogP contribution in [0.1, 0.15) is 62.4 Å². The molecule has 4 aromatic rings. The standard InChI is InChI=1S/C34H44N4O4/c1-40-26-10-11-27-24(22-42-33(27)18-26)21-41-32-9-4-7-29-28(32)19-30(36-29)34(39)35-25-12-16-37(17-13-25)20-23-6-5-15-38-14-3-2-8-31(23)38/h4,7,9-11,18-19,22-23,25,31,34-36,39H,2-3,5-6,8,12-17,20-21H2,1H3/t23-,31?,34?/m0/s1. The lowest BCUT2D eigenvalue weighted by molar-refractivity contribution is 0.0318. The number of rotatable bonds is 9. The van der Waals surface area contributed by atoms with E-state index in [1.54, 1.807) is 13.4 Å². The molecule has 3 saturated heterocycles. The van der Waals surface area contributed by atoms with Gasteiger partial charge in [0.2, 0.25) is 0 Å². The zero-order valence-electron chi connectivity index (χ0n) is 24.7. The van der Waals surface area contributed by atoms with E-state index < -0.39 is 6.23 Å². The highest BCUT2D eigenvalue weighted by atomic mass is 16.5. The van der Waals surface area contributed by atoms with Crippen molar-refractivity contribution < 1.29 is 19.0 Å². The van der Waals surface area contributed by atoms with Gasteiger partial charge < -0.3 is 33.8 Å². The molecule has 3 N–H and O–H groups in total. The van der Waals surface area contributed by atoms with Crippen molar-refractivity contribution in [3.63, 3.8) is 0 Å². The predicted molar refractivity (Wildman–Crippen MR) is 165 cm³/mol. The molecule has 2 aromatic carbocycles. The summed E-state index contributed by atoms with van der Waals surface area (Å²) in [5.74, 6) is 2.37. The smallest absolute Gasteiger partial charge is 0.146 e. The molecule has 7 rings (SSSR count). The van der Waals surface area contributed by atoms with E-state index in [1.165, 1.54) is 51.7 Å². The molecule has 0 bridgehead atoms. The van der Waals surface area contributed by atoms with E-state index in [1.807, 2.05) is 42.5 Å². The number of nitrogens with zero attached hydrogens (tertiary/aromatic N) is 2. The molecule has 5 heterocycles. The molecule has 3 aliphatic rings. The summed E-state index contributed by atoms with van der Waals surface area (Å²) in [5, 5.41) is 16.6. The first kappa shape index (κ1) is 27.8. The van der Waals surface area contributed by atoms with Crippen molar-refractivity contribution in [3.05, 3.63) is 60.0 Å². The molecule has 0 aliphatic carbocycles. The Hall–Kier alpha value is -3.04. The fourth-order valence-corrected chi connectivity index (χ4v) is 7.60. The highest BCUT2D eigenvalue weighted by Gasteiger charge is 2.34. The van der Waals surface area contributed by atoms with Crippen LogP contribution in [0.3, 0.4) is 0 Å². The quantitative estimate of drug-likeness (QED) is 0.218.